The molecule has 2 aliphatic rings. The number of likely N-dealkylation sites (tertiary alicyclic amines) is 1. The van der Waals surface area contributed by atoms with Crippen molar-refractivity contribution in [1.29, 1.82) is 0 Å². The van der Waals surface area contributed by atoms with Crippen LogP contribution in [0.4, 0.5) is 0 Å². The molecule has 3 unspecified atom stereocenters. The Hall–Kier alpha value is -0.570. The van der Waals surface area contributed by atoms with Crippen molar-refractivity contribution in [1.82, 2.24) is 10.2 Å². The van der Waals surface area contributed by atoms with Gasteiger partial charge in [0.2, 0.25) is 5.91 Å². The molecule has 2 fully saturated rings. The van der Waals surface area contributed by atoms with Gasteiger partial charge in [0.15, 0.2) is 0 Å². The summed E-state index contributed by atoms with van der Waals surface area (Å²) < 4.78 is 0. The first-order chi connectivity index (χ1) is 7.68. The van der Waals surface area contributed by atoms with Gasteiger partial charge in [-0.25, -0.2) is 0 Å². The molecule has 3 nitrogen and oxygen atoms in total. The highest BCUT2D eigenvalue weighted by atomic mass is 16.2. The molecule has 0 aromatic carbocycles. The molecule has 1 saturated heterocycles. The third kappa shape index (κ3) is 2.57. The fourth-order valence-corrected chi connectivity index (χ4v) is 3.00. The van der Waals surface area contributed by atoms with Gasteiger partial charge in [0.05, 0.1) is 6.04 Å². The number of carbonyl (C=O) groups is 1. The van der Waals surface area contributed by atoms with Crippen LogP contribution in [0.2, 0.25) is 0 Å². The first kappa shape index (κ1) is 11.9. The van der Waals surface area contributed by atoms with E-state index in [2.05, 4.69) is 12.2 Å². The minimum Gasteiger partial charge on any atom is -0.341 e. The standard InChI is InChI=1S/C13H24N2O/c1-10-6-5-7-12(10)14-11(2)13(16)15-8-3-4-9-15/h10-12,14H,3-9H2,1-2H3. The first-order valence-corrected chi connectivity index (χ1v) is 6.73. The van der Waals surface area contributed by atoms with Gasteiger partial charge in [0.25, 0.3) is 0 Å². The van der Waals surface area contributed by atoms with E-state index in [1.807, 2.05) is 11.8 Å². The normalized spacial score (nSPS) is 32.0. The molecule has 1 N–H and O–H groups in total. The van der Waals surface area contributed by atoms with Crippen molar-refractivity contribution in [2.45, 2.75) is 58.0 Å². The maximum absolute atomic E-state index is 12.1. The van der Waals surface area contributed by atoms with Crippen LogP contribution in [0, 0.1) is 5.92 Å². The largest absolute Gasteiger partial charge is 0.341 e. The highest BCUT2D eigenvalue weighted by Crippen LogP contribution is 2.25. The lowest BCUT2D eigenvalue weighted by molar-refractivity contribution is -0.132. The Morgan fingerprint density at radius 2 is 1.94 bits per heavy atom. The molecular weight excluding hydrogens is 200 g/mol. The van der Waals surface area contributed by atoms with Crippen LogP contribution in [-0.2, 0) is 4.79 Å². The van der Waals surface area contributed by atoms with Crippen molar-refractivity contribution in [3.8, 4) is 0 Å². The molecule has 3 atom stereocenters. The lowest BCUT2D eigenvalue weighted by Crippen LogP contribution is -2.48. The minimum absolute atomic E-state index is 0.00338. The Morgan fingerprint density at radius 3 is 2.50 bits per heavy atom. The topological polar surface area (TPSA) is 32.3 Å². The van der Waals surface area contributed by atoms with Crippen LogP contribution in [-0.4, -0.2) is 36.0 Å². The van der Waals surface area contributed by atoms with E-state index in [0.717, 1.165) is 19.0 Å². The molecule has 3 heteroatoms. The highest BCUT2D eigenvalue weighted by molar-refractivity contribution is 5.81. The minimum atomic E-state index is 0.00338. The molecule has 1 heterocycles. The lowest BCUT2D eigenvalue weighted by atomic mass is 10.1. The molecular formula is C13H24N2O. The molecule has 0 bridgehead atoms. The highest BCUT2D eigenvalue weighted by Gasteiger charge is 2.29. The van der Waals surface area contributed by atoms with Gasteiger partial charge in [-0.3, -0.25) is 4.79 Å². The predicted molar refractivity (Wildman–Crippen MR) is 65.2 cm³/mol. The van der Waals surface area contributed by atoms with E-state index in [1.54, 1.807) is 0 Å². The SMILES string of the molecule is CC(NC1CCCC1C)C(=O)N1CCCC1. The number of hydrogen-bond donors (Lipinski definition) is 1. The van der Waals surface area contributed by atoms with Gasteiger partial charge < -0.3 is 10.2 Å². The van der Waals surface area contributed by atoms with Crippen LogP contribution >= 0.6 is 0 Å². The second-order valence-electron chi connectivity index (χ2n) is 5.44. The summed E-state index contributed by atoms with van der Waals surface area (Å²) in [5, 5.41) is 3.51. The van der Waals surface area contributed by atoms with Gasteiger partial charge in [0.1, 0.15) is 0 Å². The second-order valence-corrected chi connectivity index (χ2v) is 5.44. The van der Waals surface area contributed by atoms with E-state index < -0.39 is 0 Å². The second kappa shape index (κ2) is 5.17. The molecule has 1 saturated carbocycles. The summed E-state index contributed by atoms with van der Waals surface area (Å²) in [6, 6.07) is 0.560. The Bertz CT molecular complexity index is 248. The number of carbonyl (C=O) groups excluding carboxylic acids is 1. The van der Waals surface area contributed by atoms with E-state index >= 15 is 0 Å². The van der Waals surface area contributed by atoms with Crippen LogP contribution in [0.3, 0.4) is 0 Å². The van der Waals surface area contributed by atoms with Crippen LogP contribution < -0.4 is 5.32 Å². The molecule has 0 spiro atoms. The Labute approximate surface area is 98.6 Å². The van der Waals surface area contributed by atoms with Crippen molar-refractivity contribution >= 4 is 5.91 Å². The smallest absolute Gasteiger partial charge is 0.239 e. The van der Waals surface area contributed by atoms with Crippen LogP contribution in [0.15, 0.2) is 0 Å². The molecule has 92 valence electrons. The fraction of sp³-hybridized carbons (Fsp3) is 0.923. The first-order valence-electron chi connectivity index (χ1n) is 6.73. The molecule has 2 rings (SSSR count). The molecule has 1 aliphatic heterocycles. The van der Waals surface area contributed by atoms with Crippen LogP contribution in [0.5, 0.6) is 0 Å². The van der Waals surface area contributed by atoms with Gasteiger partial charge in [0, 0.05) is 19.1 Å². The van der Waals surface area contributed by atoms with E-state index in [-0.39, 0.29) is 6.04 Å². The van der Waals surface area contributed by atoms with Crippen molar-refractivity contribution < 1.29 is 4.79 Å². The molecule has 0 aromatic rings. The van der Waals surface area contributed by atoms with E-state index in [1.165, 1.54) is 32.1 Å². The third-order valence-electron chi connectivity index (χ3n) is 4.11. The van der Waals surface area contributed by atoms with E-state index in [9.17, 15) is 4.79 Å². The Kier molecular flexibility index (Phi) is 3.85. The van der Waals surface area contributed by atoms with Crippen LogP contribution in [0.25, 0.3) is 0 Å². The molecule has 0 aromatic heterocycles. The number of nitrogens with zero attached hydrogens (tertiary/aromatic N) is 1. The molecule has 16 heavy (non-hydrogen) atoms. The quantitative estimate of drug-likeness (QED) is 0.792. The summed E-state index contributed by atoms with van der Waals surface area (Å²) >= 11 is 0. The summed E-state index contributed by atoms with van der Waals surface area (Å²) in [5.41, 5.74) is 0. The zero-order valence-corrected chi connectivity index (χ0v) is 10.5. The average Bonchev–Trinajstić information content (AvgIpc) is 2.89. The average molecular weight is 224 g/mol. The van der Waals surface area contributed by atoms with Gasteiger partial charge in [-0.1, -0.05) is 13.3 Å². The number of rotatable bonds is 3. The zero-order valence-electron chi connectivity index (χ0n) is 10.5. The molecule has 1 aliphatic carbocycles. The summed E-state index contributed by atoms with van der Waals surface area (Å²) in [7, 11) is 0. The number of hydrogen-bond acceptors (Lipinski definition) is 2. The van der Waals surface area contributed by atoms with Gasteiger partial charge in [-0.2, -0.15) is 0 Å². The zero-order chi connectivity index (χ0) is 11.5. The summed E-state index contributed by atoms with van der Waals surface area (Å²) in [6.07, 6.45) is 6.21. The predicted octanol–water partition coefficient (Wildman–Crippen LogP) is 1.78. The third-order valence-corrected chi connectivity index (χ3v) is 4.11. The van der Waals surface area contributed by atoms with Gasteiger partial charge in [-0.05, 0) is 38.5 Å². The number of nitrogens with one attached hydrogen (secondary N) is 1. The summed E-state index contributed by atoms with van der Waals surface area (Å²) in [5.74, 6) is 1.03. The molecule has 1 amide bonds. The maximum Gasteiger partial charge on any atom is 0.239 e. The van der Waals surface area contributed by atoms with E-state index in [0.29, 0.717) is 11.9 Å². The number of amides is 1. The summed E-state index contributed by atoms with van der Waals surface area (Å²) in [4.78, 5) is 14.1. The van der Waals surface area contributed by atoms with Crippen LogP contribution in [0.1, 0.15) is 46.0 Å². The Morgan fingerprint density at radius 1 is 1.25 bits per heavy atom. The van der Waals surface area contributed by atoms with Crippen molar-refractivity contribution in [3.63, 3.8) is 0 Å². The monoisotopic (exact) mass is 224 g/mol. The lowest BCUT2D eigenvalue weighted by Gasteiger charge is -2.25. The van der Waals surface area contributed by atoms with Crippen molar-refractivity contribution in [3.05, 3.63) is 0 Å². The fourth-order valence-electron chi connectivity index (χ4n) is 3.00. The maximum atomic E-state index is 12.1. The van der Waals surface area contributed by atoms with Gasteiger partial charge in [-0.15, -0.1) is 0 Å². The van der Waals surface area contributed by atoms with Gasteiger partial charge >= 0.3 is 0 Å². The van der Waals surface area contributed by atoms with Crippen molar-refractivity contribution in [2.24, 2.45) is 5.92 Å². The van der Waals surface area contributed by atoms with E-state index in [4.69, 9.17) is 0 Å². The Balaban J connectivity index is 1.82. The van der Waals surface area contributed by atoms with Crippen molar-refractivity contribution in [2.75, 3.05) is 13.1 Å². The molecule has 0 radical (unpaired) electrons. The summed E-state index contributed by atoms with van der Waals surface area (Å²) in [6.45, 7) is 6.24.